The van der Waals surface area contributed by atoms with E-state index in [-0.39, 0.29) is 18.1 Å². The number of rotatable bonds is 5. The van der Waals surface area contributed by atoms with E-state index < -0.39 is 24.0 Å². The van der Waals surface area contributed by atoms with Gasteiger partial charge in [-0.2, -0.15) is 0 Å². The molecule has 0 amide bonds. The number of aryl methyl sites for hydroxylation is 1. The quantitative estimate of drug-likeness (QED) is 0.663. The van der Waals surface area contributed by atoms with Gasteiger partial charge in [-0.3, -0.25) is 4.79 Å². The zero-order valence-electron chi connectivity index (χ0n) is 12.7. The van der Waals surface area contributed by atoms with E-state index in [1.54, 1.807) is 19.1 Å². The lowest BCUT2D eigenvalue weighted by molar-refractivity contribution is -0.147. The standard InChI is InChI=1S/C16H13FN2O5/c1-10-6-14-18-11(7-15(20)19(14)24-10)8-23-16(21)9-22-13-5-3-2-4-12(13)17/h2-7H,8-9H2,1H3. The van der Waals surface area contributed by atoms with Gasteiger partial charge in [-0.05, 0) is 19.1 Å². The van der Waals surface area contributed by atoms with Crippen LogP contribution in [-0.4, -0.2) is 22.1 Å². The normalized spacial score (nSPS) is 10.8. The zero-order chi connectivity index (χ0) is 17.1. The van der Waals surface area contributed by atoms with Crippen LogP contribution in [0, 0.1) is 12.7 Å². The van der Waals surface area contributed by atoms with Gasteiger partial charge >= 0.3 is 5.97 Å². The highest BCUT2D eigenvalue weighted by Crippen LogP contribution is 2.15. The van der Waals surface area contributed by atoms with Crippen LogP contribution in [0.3, 0.4) is 0 Å². The Morgan fingerprint density at radius 2 is 2.12 bits per heavy atom. The Kier molecular flexibility index (Phi) is 4.28. The number of fused-ring (bicyclic) bond motifs is 1. The minimum atomic E-state index is -0.705. The molecule has 3 aromatic rings. The molecule has 0 aliphatic rings. The van der Waals surface area contributed by atoms with E-state index in [0.717, 1.165) is 4.57 Å². The predicted molar refractivity (Wildman–Crippen MR) is 80.2 cm³/mol. The lowest BCUT2D eigenvalue weighted by Gasteiger charge is -2.07. The van der Waals surface area contributed by atoms with E-state index in [2.05, 4.69) is 4.98 Å². The molecule has 3 rings (SSSR count). The number of para-hydroxylation sites is 1. The molecule has 24 heavy (non-hydrogen) atoms. The minimum absolute atomic E-state index is 0.0406. The van der Waals surface area contributed by atoms with E-state index in [4.69, 9.17) is 14.0 Å². The van der Waals surface area contributed by atoms with Crippen LogP contribution in [0.1, 0.15) is 11.5 Å². The molecule has 2 heterocycles. The topological polar surface area (TPSA) is 83.0 Å². The Morgan fingerprint density at radius 3 is 2.92 bits per heavy atom. The van der Waals surface area contributed by atoms with Crippen LogP contribution in [0.25, 0.3) is 5.65 Å². The van der Waals surface area contributed by atoms with Crippen molar-refractivity contribution in [3.8, 4) is 5.75 Å². The number of benzene rings is 1. The molecule has 0 fully saturated rings. The summed E-state index contributed by atoms with van der Waals surface area (Å²) in [7, 11) is 0. The maximum Gasteiger partial charge on any atom is 0.344 e. The number of halogens is 1. The van der Waals surface area contributed by atoms with Crippen molar-refractivity contribution in [2.75, 3.05) is 6.61 Å². The van der Waals surface area contributed by atoms with Crippen LogP contribution in [0.5, 0.6) is 5.75 Å². The second-order valence-electron chi connectivity index (χ2n) is 4.96. The highest BCUT2D eigenvalue weighted by atomic mass is 19.1. The molecule has 0 saturated carbocycles. The summed E-state index contributed by atoms with van der Waals surface area (Å²) in [5, 5.41) is 0. The molecule has 0 spiro atoms. The largest absolute Gasteiger partial charge is 0.479 e. The first kappa shape index (κ1) is 15.7. The van der Waals surface area contributed by atoms with E-state index in [1.165, 1.54) is 24.3 Å². The molecule has 0 unspecified atom stereocenters. The zero-order valence-corrected chi connectivity index (χ0v) is 12.7. The Morgan fingerprint density at radius 1 is 1.33 bits per heavy atom. The van der Waals surface area contributed by atoms with Gasteiger partial charge in [0.15, 0.2) is 23.8 Å². The molecule has 0 atom stereocenters. The highest BCUT2D eigenvalue weighted by Gasteiger charge is 2.10. The van der Waals surface area contributed by atoms with Crippen molar-refractivity contribution in [1.82, 2.24) is 9.56 Å². The third-order valence-corrected chi connectivity index (χ3v) is 3.09. The third kappa shape index (κ3) is 3.43. The first-order chi connectivity index (χ1) is 11.5. The first-order valence-corrected chi connectivity index (χ1v) is 7.05. The van der Waals surface area contributed by atoms with Crippen molar-refractivity contribution in [2.45, 2.75) is 13.5 Å². The molecule has 2 aromatic heterocycles. The fourth-order valence-electron chi connectivity index (χ4n) is 2.04. The Labute approximate surface area is 135 Å². The molecule has 124 valence electrons. The molecule has 0 N–H and O–H groups in total. The smallest absolute Gasteiger partial charge is 0.344 e. The van der Waals surface area contributed by atoms with Crippen molar-refractivity contribution in [2.24, 2.45) is 0 Å². The molecule has 8 heteroatoms. The number of carbonyl (C=O) groups excluding carboxylic acids is 1. The van der Waals surface area contributed by atoms with Gasteiger partial charge in [0.25, 0.3) is 5.56 Å². The molecular weight excluding hydrogens is 319 g/mol. The van der Waals surface area contributed by atoms with Crippen LogP contribution >= 0.6 is 0 Å². The number of carbonyl (C=O) groups is 1. The van der Waals surface area contributed by atoms with Gasteiger partial charge in [-0.1, -0.05) is 12.1 Å². The van der Waals surface area contributed by atoms with Crippen LogP contribution in [0.4, 0.5) is 4.39 Å². The van der Waals surface area contributed by atoms with Gasteiger partial charge in [0.05, 0.1) is 5.69 Å². The van der Waals surface area contributed by atoms with Gasteiger partial charge in [-0.15, -0.1) is 4.57 Å². The van der Waals surface area contributed by atoms with E-state index in [9.17, 15) is 14.0 Å². The Bertz CT molecular complexity index is 947. The molecule has 0 bridgehead atoms. The molecule has 0 radical (unpaired) electrons. The summed E-state index contributed by atoms with van der Waals surface area (Å²) in [6.07, 6.45) is 0. The van der Waals surface area contributed by atoms with Crippen LogP contribution < -0.4 is 10.3 Å². The van der Waals surface area contributed by atoms with Gasteiger partial charge in [-0.25, -0.2) is 14.2 Å². The van der Waals surface area contributed by atoms with Crippen LogP contribution in [-0.2, 0) is 16.1 Å². The van der Waals surface area contributed by atoms with E-state index in [1.807, 2.05) is 0 Å². The highest BCUT2D eigenvalue weighted by molar-refractivity contribution is 5.71. The third-order valence-electron chi connectivity index (χ3n) is 3.09. The summed E-state index contributed by atoms with van der Waals surface area (Å²) in [4.78, 5) is 27.6. The number of nitrogens with zero attached hydrogens (tertiary/aromatic N) is 2. The summed E-state index contributed by atoms with van der Waals surface area (Å²) >= 11 is 0. The van der Waals surface area contributed by atoms with Gasteiger partial charge in [0.2, 0.25) is 0 Å². The van der Waals surface area contributed by atoms with Crippen LogP contribution in [0.15, 0.2) is 45.7 Å². The number of hydrogen-bond donors (Lipinski definition) is 0. The fraction of sp³-hybridized carbons (Fsp3) is 0.188. The van der Waals surface area contributed by atoms with Gasteiger partial charge in [0.1, 0.15) is 12.4 Å². The number of hydrogen-bond acceptors (Lipinski definition) is 6. The van der Waals surface area contributed by atoms with Crippen LogP contribution in [0.2, 0.25) is 0 Å². The minimum Gasteiger partial charge on any atom is -0.479 e. The lowest BCUT2D eigenvalue weighted by Crippen LogP contribution is -2.18. The SMILES string of the molecule is Cc1cc2nc(COC(=O)COc3ccccc3F)cc(=O)n2o1. The number of ether oxygens (including phenoxy) is 2. The molecule has 0 saturated heterocycles. The van der Waals surface area contributed by atoms with Crippen molar-refractivity contribution in [3.63, 3.8) is 0 Å². The van der Waals surface area contributed by atoms with E-state index in [0.29, 0.717) is 11.4 Å². The fourth-order valence-corrected chi connectivity index (χ4v) is 2.04. The predicted octanol–water partition coefficient (Wildman–Crippen LogP) is 1.86. The number of esters is 1. The average molecular weight is 332 g/mol. The van der Waals surface area contributed by atoms with E-state index >= 15 is 0 Å². The number of aromatic nitrogens is 2. The van der Waals surface area contributed by atoms with Gasteiger partial charge in [0, 0.05) is 12.1 Å². The van der Waals surface area contributed by atoms with Crippen molar-refractivity contribution < 1.29 is 23.2 Å². The lowest BCUT2D eigenvalue weighted by atomic mass is 10.3. The molecule has 7 nitrogen and oxygen atoms in total. The average Bonchev–Trinajstić information content (AvgIpc) is 2.93. The monoisotopic (exact) mass is 332 g/mol. The summed E-state index contributed by atoms with van der Waals surface area (Å²) < 4.78 is 29.6. The Balaban J connectivity index is 1.60. The molecule has 0 aliphatic heterocycles. The van der Waals surface area contributed by atoms with Gasteiger partial charge < -0.3 is 14.0 Å². The molecular formula is C16H13FN2O5. The summed E-state index contributed by atoms with van der Waals surface area (Å²) in [5.41, 5.74) is 0.190. The summed E-state index contributed by atoms with van der Waals surface area (Å²) in [5.74, 6) is -0.780. The second-order valence-corrected chi connectivity index (χ2v) is 4.96. The maximum atomic E-state index is 13.4. The summed E-state index contributed by atoms with van der Waals surface area (Å²) in [6.45, 7) is 1.04. The van der Waals surface area contributed by atoms with Crippen molar-refractivity contribution in [1.29, 1.82) is 0 Å². The first-order valence-electron chi connectivity index (χ1n) is 7.05. The maximum absolute atomic E-state index is 13.4. The van der Waals surface area contributed by atoms with Crippen molar-refractivity contribution >= 4 is 11.6 Å². The summed E-state index contributed by atoms with van der Waals surface area (Å²) in [6, 6.07) is 8.52. The molecule has 1 aromatic carbocycles. The van der Waals surface area contributed by atoms with Crippen molar-refractivity contribution in [3.05, 3.63) is 64.0 Å². The second kappa shape index (κ2) is 6.53. The molecule has 0 aliphatic carbocycles. The Hall–Kier alpha value is -3.16.